The third-order valence-corrected chi connectivity index (χ3v) is 9.91. The average molecular weight is 481 g/mol. The van der Waals surface area contributed by atoms with Crippen molar-refractivity contribution >= 4 is 27.3 Å². The molecular weight excluding hydrogens is 452 g/mol. The number of carbonyl (C=O) groups excluding carboxylic acids is 1. The van der Waals surface area contributed by atoms with Gasteiger partial charge in [-0.2, -0.15) is 9.29 Å². The van der Waals surface area contributed by atoms with Crippen molar-refractivity contribution in [1.82, 2.24) is 19.3 Å². The van der Waals surface area contributed by atoms with E-state index in [1.807, 2.05) is 0 Å². The molecule has 0 radical (unpaired) electrons. The third-order valence-electron chi connectivity index (χ3n) is 6.63. The highest BCUT2D eigenvalue weighted by atomic mass is 32.2. The molecule has 0 N–H and O–H groups in total. The van der Waals surface area contributed by atoms with E-state index in [4.69, 9.17) is 9.26 Å². The molecule has 5 rings (SSSR count). The molecule has 9 nitrogen and oxygen atoms in total. The zero-order chi connectivity index (χ0) is 22.1. The predicted molar refractivity (Wildman–Crippen MR) is 118 cm³/mol. The molecule has 0 unspecified atom stereocenters. The first-order chi connectivity index (χ1) is 15.5. The molecule has 4 heterocycles. The van der Waals surface area contributed by atoms with E-state index in [9.17, 15) is 13.2 Å². The fourth-order valence-electron chi connectivity index (χ4n) is 4.79. The van der Waals surface area contributed by atoms with Crippen LogP contribution in [0.15, 0.2) is 20.2 Å². The third kappa shape index (κ3) is 4.35. The second kappa shape index (κ2) is 9.20. The van der Waals surface area contributed by atoms with Gasteiger partial charge in [-0.25, -0.2) is 8.42 Å². The van der Waals surface area contributed by atoms with Gasteiger partial charge in [0.15, 0.2) is 0 Å². The van der Waals surface area contributed by atoms with E-state index < -0.39 is 10.0 Å². The summed E-state index contributed by atoms with van der Waals surface area (Å²) in [5.74, 6) is 1.12. The van der Waals surface area contributed by atoms with Crippen molar-refractivity contribution in [3.63, 3.8) is 0 Å². The van der Waals surface area contributed by atoms with E-state index in [2.05, 4.69) is 10.1 Å². The number of aromatic nitrogens is 2. The molecule has 1 saturated carbocycles. The summed E-state index contributed by atoms with van der Waals surface area (Å²) < 4.78 is 39.1. The topological polar surface area (TPSA) is 106 Å². The first-order valence-corrected chi connectivity index (χ1v) is 13.6. The van der Waals surface area contributed by atoms with Crippen molar-refractivity contribution in [1.29, 1.82) is 0 Å². The molecule has 1 amide bonds. The smallest absolute Gasteiger partial charge is 0.252 e. The van der Waals surface area contributed by atoms with E-state index in [1.165, 1.54) is 17.1 Å². The number of hydrogen-bond acceptors (Lipinski definition) is 8. The minimum Gasteiger partial charge on any atom is -0.378 e. The van der Waals surface area contributed by atoms with Gasteiger partial charge in [-0.05, 0) is 31.7 Å². The molecule has 2 aromatic heterocycles. The Labute approximate surface area is 191 Å². The Morgan fingerprint density at radius 1 is 1.09 bits per heavy atom. The molecule has 1 atom stereocenters. The van der Waals surface area contributed by atoms with Crippen LogP contribution in [0.1, 0.15) is 50.3 Å². The van der Waals surface area contributed by atoms with Crippen LogP contribution in [0, 0.1) is 5.92 Å². The maximum atomic E-state index is 13.3. The van der Waals surface area contributed by atoms with Crippen LogP contribution in [0.4, 0.5) is 0 Å². The van der Waals surface area contributed by atoms with Crippen LogP contribution in [-0.2, 0) is 19.6 Å². The van der Waals surface area contributed by atoms with E-state index in [0.717, 1.165) is 24.2 Å². The highest BCUT2D eigenvalue weighted by Gasteiger charge is 2.36. The average Bonchev–Trinajstić information content (AvgIpc) is 3.60. The lowest BCUT2D eigenvalue weighted by atomic mass is 9.98. The van der Waals surface area contributed by atoms with Crippen LogP contribution >= 0.6 is 11.3 Å². The van der Waals surface area contributed by atoms with Gasteiger partial charge in [-0.1, -0.05) is 18.0 Å². The molecule has 0 spiro atoms. The maximum Gasteiger partial charge on any atom is 0.252 e. The quantitative estimate of drug-likeness (QED) is 0.648. The summed E-state index contributed by atoms with van der Waals surface area (Å²) in [5, 5.41) is 5.84. The molecule has 3 fully saturated rings. The fourth-order valence-corrected chi connectivity index (χ4v) is 7.63. The van der Waals surface area contributed by atoms with Gasteiger partial charge in [0, 0.05) is 43.0 Å². The fraction of sp³-hybridized carbons (Fsp3) is 0.667. The molecule has 2 aliphatic heterocycles. The number of piperidine rings is 1. The van der Waals surface area contributed by atoms with Crippen LogP contribution in [0.2, 0.25) is 0 Å². The second-order valence-electron chi connectivity index (χ2n) is 8.73. The van der Waals surface area contributed by atoms with E-state index >= 15 is 0 Å². The Balaban J connectivity index is 1.29. The standard InChI is InChI=1S/C21H28N4O5S2/c26-21(24-8-10-29-11-9-24)16-6-3-7-25(13-16)32(27,28)18-12-17(14-31-18)19-22-20(30-23-19)15-4-1-2-5-15/h12,14-16H,1-11,13H2/t16-/m1/s1. The molecular formula is C21H28N4O5S2. The van der Waals surface area contributed by atoms with Gasteiger partial charge in [0.1, 0.15) is 4.21 Å². The molecule has 174 valence electrons. The lowest BCUT2D eigenvalue weighted by molar-refractivity contribution is -0.140. The minimum atomic E-state index is -3.68. The number of hydrogen-bond donors (Lipinski definition) is 0. The number of morpholine rings is 1. The number of carbonyl (C=O) groups is 1. The van der Waals surface area contributed by atoms with Gasteiger partial charge in [0.2, 0.25) is 17.6 Å². The number of amides is 1. The lowest BCUT2D eigenvalue weighted by Crippen LogP contribution is -2.49. The van der Waals surface area contributed by atoms with Crippen LogP contribution in [0.3, 0.4) is 0 Å². The summed E-state index contributed by atoms with van der Waals surface area (Å²) in [7, 11) is -3.68. The van der Waals surface area contributed by atoms with E-state index in [1.54, 1.807) is 16.3 Å². The Morgan fingerprint density at radius 2 is 1.88 bits per heavy atom. The Morgan fingerprint density at radius 3 is 2.66 bits per heavy atom. The van der Waals surface area contributed by atoms with Crippen LogP contribution in [0.5, 0.6) is 0 Å². The summed E-state index contributed by atoms with van der Waals surface area (Å²) in [6.07, 6.45) is 5.86. The predicted octanol–water partition coefficient (Wildman–Crippen LogP) is 2.72. The highest BCUT2D eigenvalue weighted by Crippen LogP contribution is 2.35. The molecule has 2 aromatic rings. The highest BCUT2D eigenvalue weighted by molar-refractivity contribution is 7.91. The van der Waals surface area contributed by atoms with Crippen LogP contribution in [0.25, 0.3) is 11.4 Å². The number of sulfonamides is 1. The first-order valence-electron chi connectivity index (χ1n) is 11.3. The molecule has 0 aromatic carbocycles. The van der Waals surface area contributed by atoms with Gasteiger partial charge in [-0.3, -0.25) is 4.79 Å². The van der Waals surface area contributed by atoms with Crippen LogP contribution in [-0.4, -0.2) is 73.1 Å². The van der Waals surface area contributed by atoms with Gasteiger partial charge >= 0.3 is 0 Å². The van der Waals surface area contributed by atoms with Gasteiger partial charge in [-0.15, -0.1) is 11.3 Å². The largest absolute Gasteiger partial charge is 0.378 e. The van der Waals surface area contributed by atoms with Crippen molar-refractivity contribution < 1.29 is 22.5 Å². The van der Waals surface area contributed by atoms with Crippen LogP contribution < -0.4 is 0 Å². The molecule has 2 saturated heterocycles. The summed E-state index contributed by atoms with van der Waals surface area (Å²) in [4.78, 5) is 19.2. The molecule has 1 aliphatic carbocycles. The van der Waals surface area contributed by atoms with E-state index in [0.29, 0.717) is 68.9 Å². The second-order valence-corrected chi connectivity index (χ2v) is 11.8. The van der Waals surface area contributed by atoms with Crippen molar-refractivity contribution in [2.24, 2.45) is 5.92 Å². The normalized spacial score (nSPS) is 23.6. The Kier molecular flexibility index (Phi) is 6.33. The number of thiophene rings is 1. The number of rotatable bonds is 5. The van der Waals surface area contributed by atoms with Crippen molar-refractivity contribution in [2.45, 2.75) is 48.7 Å². The number of ether oxygens (including phenoxy) is 1. The zero-order valence-electron chi connectivity index (χ0n) is 17.9. The van der Waals surface area contributed by atoms with Gasteiger partial charge in [0.05, 0.1) is 19.1 Å². The lowest BCUT2D eigenvalue weighted by Gasteiger charge is -2.35. The summed E-state index contributed by atoms with van der Waals surface area (Å²) in [6.45, 7) is 2.87. The summed E-state index contributed by atoms with van der Waals surface area (Å²) >= 11 is 1.16. The zero-order valence-corrected chi connectivity index (χ0v) is 19.6. The minimum absolute atomic E-state index is 0.0336. The first kappa shape index (κ1) is 22.0. The summed E-state index contributed by atoms with van der Waals surface area (Å²) in [5.41, 5.74) is 0.652. The van der Waals surface area contributed by atoms with Crippen molar-refractivity contribution in [2.75, 3.05) is 39.4 Å². The Hall–Kier alpha value is -1.82. The molecule has 11 heteroatoms. The Bertz CT molecular complexity index is 1050. The van der Waals surface area contributed by atoms with E-state index in [-0.39, 0.29) is 22.6 Å². The monoisotopic (exact) mass is 480 g/mol. The number of nitrogens with zero attached hydrogens (tertiary/aromatic N) is 4. The maximum absolute atomic E-state index is 13.3. The van der Waals surface area contributed by atoms with Gasteiger partial charge in [0.25, 0.3) is 10.0 Å². The molecule has 3 aliphatic rings. The summed E-state index contributed by atoms with van der Waals surface area (Å²) in [6, 6.07) is 1.62. The van der Waals surface area contributed by atoms with Gasteiger partial charge < -0.3 is 14.2 Å². The molecule has 32 heavy (non-hydrogen) atoms. The SMILES string of the molecule is O=C([C@@H]1CCCN(S(=O)(=O)c2cc(-c3noc(C4CCCC4)n3)cs2)C1)N1CCOCC1. The van der Waals surface area contributed by atoms with Crippen molar-refractivity contribution in [3.8, 4) is 11.4 Å². The van der Waals surface area contributed by atoms with Crippen molar-refractivity contribution in [3.05, 3.63) is 17.3 Å². The molecule has 0 bridgehead atoms.